The number of nitrogens with one attached hydrogen (secondary N) is 1. The molecule has 1 fully saturated rings. The van der Waals surface area contributed by atoms with Gasteiger partial charge in [-0.05, 0) is 25.1 Å². The molecule has 8 nitrogen and oxygen atoms in total. The minimum atomic E-state index is -1.70. The quantitative estimate of drug-likeness (QED) is 0.725. The number of nitrogens with zero attached hydrogens (tertiary/aromatic N) is 5. The van der Waals surface area contributed by atoms with Gasteiger partial charge < -0.3 is 14.4 Å². The highest BCUT2D eigenvalue weighted by atomic mass is 19.1. The predicted octanol–water partition coefficient (Wildman–Crippen LogP) is 1.55. The molecule has 0 spiro atoms. The fraction of sp³-hybridized carbons (Fsp3) is 0.400. The van der Waals surface area contributed by atoms with Crippen molar-refractivity contribution < 1.29 is 14.0 Å². The van der Waals surface area contributed by atoms with E-state index in [4.69, 9.17) is 0 Å². The molecule has 0 aliphatic carbocycles. The van der Waals surface area contributed by atoms with Crippen molar-refractivity contribution in [2.45, 2.75) is 19.0 Å². The molecule has 3 heterocycles. The number of hydrogen-bond donors (Lipinski definition) is 1. The fourth-order valence-corrected chi connectivity index (χ4v) is 3.71. The summed E-state index contributed by atoms with van der Waals surface area (Å²) < 4.78 is 17.0. The van der Waals surface area contributed by atoms with E-state index in [9.17, 15) is 9.59 Å². The van der Waals surface area contributed by atoms with Crippen LogP contribution in [0.5, 0.6) is 0 Å². The highest BCUT2D eigenvalue weighted by Crippen LogP contribution is 2.22. The van der Waals surface area contributed by atoms with Crippen LogP contribution in [0.3, 0.4) is 0 Å². The van der Waals surface area contributed by atoms with Crippen LogP contribution in [0.15, 0.2) is 36.9 Å². The second-order valence-corrected chi connectivity index (χ2v) is 7.80. The maximum absolute atomic E-state index is 15.2. The number of rotatable bonds is 3. The zero-order chi connectivity index (χ0) is 20.6. The van der Waals surface area contributed by atoms with E-state index in [0.717, 1.165) is 16.6 Å². The topological polar surface area (TPSA) is 87.1 Å². The standard InChI is InChI=1S/C20H23FN6O2/c1-20(21)11-26(18(28)8-16-10-22-13-25(16)2)5-6-27(12-20)19(29)14-3-4-17-15(7-14)9-23-24-17/h3-4,7,9-10,13H,5-6,8,11-12H2,1-2H3,(H,23,24). The van der Waals surface area contributed by atoms with E-state index in [-0.39, 0.29) is 44.4 Å². The number of carbonyl (C=O) groups excluding carboxylic acids is 2. The number of aryl methyl sites for hydroxylation is 1. The van der Waals surface area contributed by atoms with Crippen LogP contribution in [-0.2, 0) is 18.3 Å². The van der Waals surface area contributed by atoms with E-state index >= 15 is 4.39 Å². The molecule has 1 unspecified atom stereocenters. The van der Waals surface area contributed by atoms with Crippen molar-refractivity contribution in [3.63, 3.8) is 0 Å². The third-order valence-electron chi connectivity index (χ3n) is 5.26. The second-order valence-electron chi connectivity index (χ2n) is 7.80. The number of benzene rings is 1. The molecule has 2 amide bonds. The smallest absolute Gasteiger partial charge is 0.254 e. The first-order valence-corrected chi connectivity index (χ1v) is 9.47. The summed E-state index contributed by atoms with van der Waals surface area (Å²) in [5.41, 5.74) is 0.374. The monoisotopic (exact) mass is 398 g/mol. The van der Waals surface area contributed by atoms with Gasteiger partial charge in [0.25, 0.3) is 5.91 Å². The van der Waals surface area contributed by atoms with Gasteiger partial charge in [0, 0.05) is 43.0 Å². The molecule has 1 aromatic carbocycles. The summed E-state index contributed by atoms with van der Waals surface area (Å²) in [4.78, 5) is 32.7. The van der Waals surface area contributed by atoms with Gasteiger partial charge in [0.1, 0.15) is 5.67 Å². The van der Waals surface area contributed by atoms with Crippen molar-refractivity contribution in [1.29, 1.82) is 0 Å². The lowest BCUT2D eigenvalue weighted by atomic mass is 10.1. The van der Waals surface area contributed by atoms with Gasteiger partial charge in [-0.25, -0.2) is 9.37 Å². The van der Waals surface area contributed by atoms with Crippen LogP contribution >= 0.6 is 0 Å². The van der Waals surface area contributed by atoms with Crippen molar-refractivity contribution >= 4 is 22.7 Å². The summed E-state index contributed by atoms with van der Waals surface area (Å²) in [5.74, 6) is -0.426. The van der Waals surface area contributed by atoms with Gasteiger partial charge >= 0.3 is 0 Å². The Bertz CT molecular complexity index is 1060. The third-order valence-corrected chi connectivity index (χ3v) is 5.26. The van der Waals surface area contributed by atoms with Gasteiger partial charge in [0.15, 0.2) is 0 Å². The van der Waals surface area contributed by atoms with Crippen molar-refractivity contribution in [3.8, 4) is 0 Å². The normalized spacial score (nSPS) is 20.1. The molecule has 9 heteroatoms. The lowest BCUT2D eigenvalue weighted by molar-refractivity contribution is -0.131. The molecular formula is C20H23FN6O2. The van der Waals surface area contributed by atoms with Gasteiger partial charge in [0.2, 0.25) is 5.91 Å². The zero-order valence-electron chi connectivity index (χ0n) is 16.4. The summed E-state index contributed by atoms with van der Waals surface area (Å²) in [6.45, 7) is 1.88. The summed E-state index contributed by atoms with van der Waals surface area (Å²) in [6, 6.07) is 5.23. The Morgan fingerprint density at radius 2 is 1.97 bits per heavy atom. The predicted molar refractivity (Wildman–Crippen MR) is 105 cm³/mol. The summed E-state index contributed by atoms with van der Waals surface area (Å²) >= 11 is 0. The number of carbonyl (C=O) groups is 2. The number of hydrogen-bond acceptors (Lipinski definition) is 4. The van der Waals surface area contributed by atoms with Gasteiger partial charge in [-0.2, -0.15) is 5.10 Å². The molecule has 152 valence electrons. The van der Waals surface area contributed by atoms with Crippen molar-refractivity contribution in [2.75, 3.05) is 26.2 Å². The number of aromatic nitrogens is 4. The van der Waals surface area contributed by atoms with Gasteiger partial charge in [-0.15, -0.1) is 0 Å². The Hall–Kier alpha value is -3.23. The summed E-state index contributed by atoms with van der Waals surface area (Å²) in [7, 11) is 1.81. The van der Waals surface area contributed by atoms with Crippen molar-refractivity contribution in [3.05, 3.63) is 48.2 Å². The molecule has 1 N–H and O–H groups in total. The number of halogens is 1. The van der Waals surface area contributed by atoms with Gasteiger partial charge in [-0.1, -0.05) is 0 Å². The lowest BCUT2D eigenvalue weighted by Gasteiger charge is -2.27. The van der Waals surface area contributed by atoms with E-state index in [2.05, 4.69) is 15.2 Å². The first kappa shape index (κ1) is 19.1. The Labute approximate surface area is 167 Å². The Morgan fingerprint density at radius 3 is 2.72 bits per heavy atom. The Kier molecular flexibility index (Phi) is 4.81. The summed E-state index contributed by atoms with van der Waals surface area (Å²) in [5, 5.41) is 7.62. The van der Waals surface area contributed by atoms with E-state index in [1.165, 1.54) is 16.7 Å². The van der Waals surface area contributed by atoms with Crippen LogP contribution in [0.25, 0.3) is 10.9 Å². The van der Waals surface area contributed by atoms with Crippen LogP contribution in [0, 0.1) is 0 Å². The van der Waals surface area contributed by atoms with Gasteiger partial charge in [0.05, 0.1) is 37.6 Å². The molecule has 1 aliphatic heterocycles. The SMILES string of the molecule is Cn1cncc1CC(=O)N1CCN(C(=O)c2ccc3[nH]ncc3c2)CC(C)(F)C1. The molecule has 1 aliphatic rings. The molecule has 0 saturated carbocycles. The maximum atomic E-state index is 15.2. The van der Waals surface area contributed by atoms with Crippen LogP contribution < -0.4 is 0 Å². The van der Waals surface area contributed by atoms with Gasteiger partial charge in [-0.3, -0.25) is 14.7 Å². The summed E-state index contributed by atoms with van der Waals surface area (Å²) in [6.07, 6.45) is 5.05. The van der Waals surface area contributed by atoms with Crippen molar-refractivity contribution in [1.82, 2.24) is 29.5 Å². The first-order valence-electron chi connectivity index (χ1n) is 9.47. The number of fused-ring (bicyclic) bond motifs is 1. The van der Waals surface area contributed by atoms with E-state index in [1.807, 2.05) is 7.05 Å². The van der Waals surface area contributed by atoms with E-state index in [0.29, 0.717) is 5.56 Å². The largest absolute Gasteiger partial charge is 0.337 e. The minimum Gasteiger partial charge on any atom is -0.337 e. The van der Waals surface area contributed by atoms with E-state index < -0.39 is 5.67 Å². The van der Waals surface area contributed by atoms with Crippen LogP contribution in [0.2, 0.25) is 0 Å². The molecule has 3 aromatic rings. The highest BCUT2D eigenvalue weighted by molar-refractivity contribution is 5.98. The Morgan fingerprint density at radius 1 is 1.21 bits per heavy atom. The lowest BCUT2D eigenvalue weighted by Crippen LogP contribution is -2.44. The van der Waals surface area contributed by atoms with Crippen LogP contribution in [-0.4, -0.2) is 73.2 Å². The number of imidazole rings is 1. The number of amides is 2. The fourth-order valence-electron chi connectivity index (χ4n) is 3.71. The third kappa shape index (κ3) is 3.98. The Balaban J connectivity index is 1.50. The molecule has 2 aromatic heterocycles. The minimum absolute atomic E-state index is 0.0474. The molecule has 1 atom stereocenters. The molecule has 29 heavy (non-hydrogen) atoms. The number of alkyl halides is 1. The molecular weight excluding hydrogens is 375 g/mol. The molecule has 0 radical (unpaired) electrons. The average molecular weight is 398 g/mol. The average Bonchev–Trinajstić information content (AvgIpc) is 3.27. The first-order chi connectivity index (χ1) is 13.8. The second kappa shape index (κ2) is 7.31. The van der Waals surface area contributed by atoms with E-state index in [1.54, 1.807) is 41.5 Å². The molecule has 0 bridgehead atoms. The molecule has 4 rings (SSSR count). The number of H-pyrrole nitrogens is 1. The van der Waals surface area contributed by atoms with Crippen LogP contribution in [0.1, 0.15) is 23.0 Å². The zero-order valence-corrected chi connectivity index (χ0v) is 16.4. The maximum Gasteiger partial charge on any atom is 0.254 e. The van der Waals surface area contributed by atoms with Crippen LogP contribution in [0.4, 0.5) is 4.39 Å². The highest BCUT2D eigenvalue weighted by Gasteiger charge is 2.36. The number of aromatic amines is 1. The molecule has 1 saturated heterocycles. The van der Waals surface area contributed by atoms with Crippen molar-refractivity contribution in [2.24, 2.45) is 7.05 Å².